The van der Waals surface area contributed by atoms with Gasteiger partial charge in [0, 0.05) is 6.54 Å². The van der Waals surface area contributed by atoms with E-state index in [1.165, 1.54) is 0 Å². The number of benzene rings is 1. The second kappa shape index (κ2) is 7.89. The zero-order valence-corrected chi connectivity index (χ0v) is 13.5. The molecule has 0 aliphatic carbocycles. The third-order valence-electron chi connectivity index (χ3n) is 4.04. The van der Waals surface area contributed by atoms with Gasteiger partial charge in [-0.3, -0.25) is 0 Å². The minimum Gasteiger partial charge on any atom is -0.493 e. The van der Waals surface area contributed by atoms with E-state index in [0.29, 0.717) is 29.6 Å². The van der Waals surface area contributed by atoms with Crippen LogP contribution in [-0.4, -0.2) is 51.8 Å². The van der Waals surface area contributed by atoms with Gasteiger partial charge in [-0.15, -0.1) is 0 Å². The topological polar surface area (TPSA) is 62.8 Å². The van der Waals surface area contributed by atoms with E-state index in [1.807, 2.05) is 6.07 Å². The molecule has 0 atom stereocenters. The van der Waals surface area contributed by atoms with Gasteiger partial charge in [-0.1, -0.05) is 6.07 Å². The average Bonchev–Trinajstić information content (AvgIpc) is 2.54. The quantitative estimate of drug-likeness (QED) is 0.875. The summed E-state index contributed by atoms with van der Waals surface area (Å²) in [7, 11) is 5.26. The molecule has 2 rings (SSSR count). The van der Waals surface area contributed by atoms with Crippen molar-refractivity contribution >= 4 is 11.7 Å². The first kappa shape index (κ1) is 16.4. The zero-order chi connectivity index (χ0) is 15.9. The minimum absolute atomic E-state index is 0.217. The van der Waals surface area contributed by atoms with E-state index in [-0.39, 0.29) is 6.03 Å². The van der Waals surface area contributed by atoms with Crippen LogP contribution in [0.1, 0.15) is 12.8 Å². The van der Waals surface area contributed by atoms with Gasteiger partial charge in [0.05, 0.1) is 19.9 Å². The molecule has 1 aliphatic rings. The maximum absolute atomic E-state index is 12.1. The van der Waals surface area contributed by atoms with Gasteiger partial charge in [-0.25, -0.2) is 4.79 Å². The van der Waals surface area contributed by atoms with Crippen molar-refractivity contribution in [3.63, 3.8) is 0 Å². The zero-order valence-electron chi connectivity index (χ0n) is 13.5. The smallest absolute Gasteiger partial charge is 0.319 e. The Bertz CT molecular complexity index is 499. The molecular weight excluding hydrogens is 282 g/mol. The fourth-order valence-corrected chi connectivity index (χ4v) is 2.66. The number of likely N-dealkylation sites (tertiary alicyclic amines) is 1. The predicted molar refractivity (Wildman–Crippen MR) is 86.8 cm³/mol. The molecule has 1 aliphatic heterocycles. The van der Waals surface area contributed by atoms with Crippen molar-refractivity contribution in [3.8, 4) is 11.5 Å². The third kappa shape index (κ3) is 4.27. The van der Waals surface area contributed by atoms with E-state index in [0.717, 1.165) is 25.9 Å². The summed E-state index contributed by atoms with van der Waals surface area (Å²) in [6.07, 6.45) is 2.25. The number of nitrogens with zero attached hydrogens (tertiary/aromatic N) is 1. The lowest BCUT2D eigenvalue weighted by Crippen LogP contribution is -2.38. The van der Waals surface area contributed by atoms with Crippen molar-refractivity contribution in [2.24, 2.45) is 5.92 Å². The first-order chi connectivity index (χ1) is 10.6. The van der Waals surface area contributed by atoms with Gasteiger partial charge in [0.25, 0.3) is 0 Å². The number of para-hydroxylation sites is 1. The number of ether oxygens (including phenoxy) is 2. The van der Waals surface area contributed by atoms with Gasteiger partial charge < -0.3 is 25.0 Å². The Morgan fingerprint density at radius 3 is 2.64 bits per heavy atom. The van der Waals surface area contributed by atoms with Gasteiger partial charge in [-0.2, -0.15) is 0 Å². The first-order valence-electron chi connectivity index (χ1n) is 7.58. The lowest BCUT2D eigenvalue weighted by Gasteiger charge is -2.28. The number of hydrogen-bond acceptors (Lipinski definition) is 4. The van der Waals surface area contributed by atoms with E-state index < -0.39 is 0 Å². The van der Waals surface area contributed by atoms with Gasteiger partial charge in [0.2, 0.25) is 0 Å². The molecule has 0 aromatic heterocycles. The number of piperidine rings is 1. The van der Waals surface area contributed by atoms with Crippen molar-refractivity contribution in [1.29, 1.82) is 0 Å². The summed E-state index contributed by atoms with van der Waals surface area (Å²) in [5, 5.41) is 5.76. The molecule has 1 aromatic carbocycles. The van der Waals surface area contributed by atoms with Crippen LogP contribution < -0.4 is 20.1 Å². The summed E-state index contributed by atoms with van der Waals surface area (Å²) >= 11 is 0. The maximum atomic E-state index is 12.1. The van der Waals surface area contributed by atoms with Crippen LogP contribution in [0, 0.1) is 5.92 Å². The summed E-state index contributed by atoms with van der Waals surface area (Å²) in [6.45, 7) is 2.89. The third-order valence-corrected chi connectivity index (χ3v) is 4.04. The monoisotopic (exact) mass is 307 g/mol. The number of carbonyl (C=O) groups is 1. The van der Waals surface area contributed by atoms with Crippen LogP contribution in [0.2, 0.25) is 0 Å². The highest BCUT2D eigenvalue weighted by molar-refractivity contribution is 5.91. The molecule has 0 radical (unpaired) electrons. The lowest BCUT2D eigenvalue weighted by atomic mass is 9.97. The SMILES string of the molecule is COc1cccc(NC(=O)NCC2CCN(C)CC2)c1OC. The Balaban J connectivity index is 1.87. The van der Waals surface area contributed by atoms with Gasteiger partial charge in [0.1, 0.15) is 0 Å². The standard InChI is InChI=1S/C16H25N3O3/c1-19-9-7-12(8-10-19)11-17-16(20)18-13-5-4-6-14(21-2)15(13)22-3/h4-6,12H,7-11H2,1-3H3,(H2,17,18,20). The Hall–Kier alpha value is -1.95. The number of hydrogen-bond donors (Lipinski definition) is 2. The predicted octanol–water partition coefficient (Wildman–Crippen LogP) is 2.17. The maximum Gasteiger partial charge on any atom is 0.319 e. The van der Waals surface area contributed by atoms with Crippen molar-refractivity contribution in [2.75, 3.05) is 46.2 Å². The number of rotatable bonds is 5. The van der Waals surface area contributed by atoms with E-state index in [4.69, 9.17) is 9.47 Å². The van der Waals surface area contributed by atoms with Crippen molar-refractivity contribution < 1.29 is 14.3 Å². The number of amides is 2. The molecule has 22 heavy (non-hydrogen) atoms. The second-order valence-electron chi connectivity index (χ2n) is 5.62. The molecular formula is C16H25N3O3. The van der Waals surface area contributed by atoms with E-state index in [9.17, 15) is 4.79 Å². The largest absolute Gasteiger partial charge is 0.493 e. The molecule has 2 amide bonds. The first-order valence-corrected chi connectivity index (χ1v) is 7.58. The van der Waals surface area contributed by atoms with Gasteiger partial charge >= 0.3 is 6.03 Å². The highest BCUT2D eigenvalue weighted by Crippen LogP contribution is 2.34. The van der Waals surface area contributed by atoms with Crippen molar-refractivity contribution in [3.05, 3.63) is 18.2 Å². The molecule has 6 nitrogen and oxygen atoms in total. The summed E-state index contributed by atoms with van der Waals surface area (Å²) in [6, 6.07) is 5.18. The molecule has 0 bridgehead atoms. The van der Waals surface area contributed by atoms with E-state index >= 15 is 0 Å². The Morgan fingerprint density at radius 2 is 2.00 bits per heavy atom. The molecule has 1 fully saturated rings. The van der Waals surface area contributed by atoms with E-state index in [2.05, 4.69) is 22.6 Å². The molecule has 0 saturated carbocycles. The fraction of sp³-hybridized carbons (Fsp3) is 0.562. The summed E-state index contributed by atoms with van der Waals surface area (Å²) < 4.78 is 10.5. The molecule has 1 saturated heterocycles. The fourth-order valence-electron chi connectivity index (χ4n) is 2.66. The van der Waals surface area contributed by atoms with Crippen LogP contribution in [0.15, 0.2) is 18.2 Å². The van der Waals surface area contributed by atoms with Crippen molar-refractivity contribution in [1.82, 2.24) is 10.2 Å². The summed E-state index contributed by atoms with van der Waals surface area (Å²) in [5.74, 6) is 1.67. The lowest BCUT2D eigenvalue weighted by molar-refractivity contribution is 0.213. The van der Waals surface area contributed by atoms with Crippen LogP contribution in [0.25, 0.3) is 0 Å². The van der Waals surface area contributed by atoms with E-state index in [1.54, 1.807) is 26.4 Å². The Kier molecular flexibility index (Phi) is 5.89. The summed E-state index contributed by atoms with van der Waals surface area (Å²) in [4.78, 5) is 14.4. The molecule has 6 heteroatoms. The van der Waals surface area contributed by atoms with Crippen LogP contribution in [-0.2, 0) is 0 Å². The normalized spacial score (nSPS) is 16.1. The van der Waals surface area contributed by atoms with Crippen LogP contribution >= 0.6 is 0 Å². The average molecular weight is 307 g/mol. The molecule has 0 spiro atoms. The number of methoxy groups -OCH3 is 2. The number of carbonyl (C=O) groups excluding carboxylic acids is 1. The molecule has 122 valence electrons. The van der Waals surface area contributed by atoms with Crippen LogP contribution in [0.3, 0.4) is 0 Å². The molecule has 0 unspecified atom stereocenters. The Morgan fingerprint density at radius 1 is 1.27 bits per heavy atom. The van der Waals surface area contributed by atoms with Gasteiger partial charge in [-0.05, 0) is 51.0 Å². The molecule has 2 N–H and O–H groups in total. The highest BCUT2D eigenvalue weighted by atomic mass is 16.5. The Labute approximate surface area is 131 Å². The van der Waals surface area contributed by atoms with Crippen LogP contribution in [0.5, 0.6) is 11.5 Å². The molecule has 1 heterocycles. The van der Waals surface area contributed by atoms with Gasteiger partial charge in [0.15, 0.2) is 11.5 Å². The highest BCUT2D eigenvalue weighted by Gasteiger charge is 2.18. The number of urea groups is 1. The number of nitrogens with one attached hydrogen (secondary N) is 2. The van der Waals surface area contributed by atoms with Crippen molar-refractivity contribution in [2.45, 2.75) is 12.8 Å². The number of anilines is 1. The van der Waals surface area contributed by atoms with Crippen LogP contribution in [0.4, 0.5) is 10.5 Å². The second-order valence-corrected chi connectivity index (χ2v) is 5.62. The molecule has 1 aromatic rings. The summed E-state index contributed by atoms with van der Waals surface area (Å²) in [5.41, 5.74) is 0.600. The minimum atomic E-state index is -0.217.